The molecule has 0 atom stereocenters. The number of carbonyl (C=O) groups is 1. The molecule has 0 radical (unpaired) electrons. The first-order chi connectivity index (χ1) is 7.03. The summed E-state index contributed by atoms with van der Waals surface area (Å²) in [5.74, 6) is 0. The zero-order valence-corrected chi connectivity index (χ0v) is 9.41. The van der Waals surface area contributed by atoms with Gasteiger partial charge in [-0.05, 0) is 19.4 Å². The summed E-state index contributed by atoms with van der Waals surface area (Å²) in [6.45, 7) is 3.80. The summed E-state index contributed by atoms with van der Waals surface area (Å²) in [5, 5.41) is 2.45. The third-order valence-corrected chi connectivity index (χ3v) is 2.05. The van der Waals surface area contributed by atoms with Gasteiger partial charge in [0.1, 0.15) is 5.60 Å². The molecule has 0 saturated carbocycles. The molecule has 0 fully saturated rings. The first-order valence-electron chi connectivity index (χ1n) is 4.98. The molecule has 0 unspecified atom stereocenters. The number of nitrogens with one attached hydrogen (secondary N) is 1. The summed E-state index contributed by atoms with van der Waals surface area (Å²) in [6.07, 6.45) is 0.317. The SMILES string of the molecule is CNC(=O)OC(C)(C)Cc1ccccc1. The highest BCUT2D eigenvalue weighted by atomic mass is 16.6. The average molecular weight is 207 g/mol. The van der Waals surface area contributed by atoms with Gasteiger partial charge in [0.2, 0.25) is 0 Å². The Bertz CT molecular complexity index is 320. The Balaban J connectivity index is 2.60. The van der Waals surface area contributed by atoms with Crippen LogP contribution >= 0.6 is 0 Å². The van der Waals surface area contributed by atoms with Crippen molar-refractivity contribution < 1.29 is 9.53 Å². The van der Waals surface area contributed by atoms with Gasteiger partial charge in [0.15, 0.2) is 0 Å². The predicted molar refractivity (Wildman–Crippen MR) is 59.8 cm³/mol. The molecule has 0 heterocycles. The van der Waals surface area contributed by atoms with E-state index in [2.05, 4.69) is 5.32 Å². The van der Waals surface area contributed by atoms with Gasteiger partial charge in [-0.1, -0.05) is 30.3 Å². The van der Waals surface area contributed by atoms with E-state index in [1.54, 1.807) is 7.05 Å². The second kappa shape index (κ2) is 4.82. The van der Waals surface area contributed by atoms with E-state index >= 15 is 0 Å². The molecule has 1 aromatic rings. The summed E-state index contributed by atoms with van der Waals surface area (Å²) < 4.78 is 5.24. The Morgan fingerprint density at radius 3 is 2.47 bits per heavy atom. The van der Waals surface area contributed by atoms with Crippen molar-refractivity contribution >= 4 is 6.09 Å². The summed E-state index contributed by atoms with van der Waals surface area (Å²) in [6, 6.07) is 9.97. The third kappa shape index (κ3) is 4.02. The molecule has 1 amide bonds. The molecule has 1 rings (SSSR count). The smallest absolute Gasteiger partial charge is 0.407 e. The maximum absolute atomic E-state index is 11.1. The highest BCUT2D eigenvalue weighted by Crippen LogP contribution is 2.16. The minimum atomic E-state index is -0.485. The first-order valence-corrected chi connectivity index (χ1v) is 4.98. The van der Waals surface area contributed by atoms with Crippen LogP contribution in [0.4, 0.5) is 4.79 Å². The molecule has 0 saturated heterocycles. The molecule has 0 bridgehead atoms. The van der Waals surface area contributed by atoms with E-state index < -0.39 is 11.7 Å². The van der Waals surface area contributed by atoms with E-state index in [9.17, 15) is 4.79 Å². The van der Waals surface area contributed by atoms with E-state index in [-0.39, 0.29) is 0 Å². The number of alkyl carbamates (subject to hydrolysis) is 1. The van der Waals surface area contributed by atoms with E-state index in [4.69, 9.17) is 4.74 Å². The van der Waals surface area contributed by atoms with Crippen molar-refractivity contribution in [1.82, 2.24) is 5.32 Å². The lowest BCUT2D eigenvalue weighted by molar-refractivity contribution is 0.0406. The second-order valence-electron chi connectivity index (χ2n) is 4.06. The number of carbonyl (C=O) groups excluding carboxylic acids is 1. The van der Waals surface area contributed by atoms with Crippen molar-refractivity contribution in [1.29, 1.82) is 0 Å². The van der Waals surface area contributed by atoms with Crippen molar-refractivity contribution in [2.45, 2.75) is 25.9 Å². The molecule has 0 aliphatic heterocycles. The lowest BCUT2D eigenvalue weighted by Crippen LogP contribution is -2.34. The quantitative estimate of drug-likeness (QED) is 0.826. The topological polar surface area (TPSA) is 38.3 Å². The predicted octanol–water partition coefficient (Wildman–Crippen LogP) is 2.36. The zero-order chi connectivity index (χ0) is 11.3. The minimum Gasteiger partial charge on any atom is -0.443 e. The maximum Gasteiger partial charge on any atom is 0.407 e. The van der Waals surface area contributed by atoms with Crippen molar-refractivity contribution in [3.63, 3.8) is 0 Å². The second-order valence-corrected chi connectivity index (χ2v) is 4.06. The number of amides is 1. The fraction of sp³-hybridized carbons (Fsp3) is 0.417. The van der Waals surface area contributed by atoms with E-state index in [1.807, 2.05) is 44.2 Å². The molecular weight excluding hydrogens is 190 g/mol. The molecule has 3 nitrogen and oxygen atoms in total. The molecule has 0 spiro atoms. The molecule has 1 N–H and O–H groups in total. The standard InChI is InChI=1S/C12H17NO2/c1-12(2,15-11(14)13-3)9-10-7-5-4-6-8-10/h4-8H,9H2,1-3H3,(H,13,14). The van der Waals surface area contributed by atoms with Gasteiger partial charge in [-0.3, -0.25) is 0 Å². The van der Waals surface area contributed by atoms with Gasteiger partial charge >= 0.3 is 6.09 Å². The lowest BCUT2D eigenvalue weighted by atomic mass is 9.98. The zero-order valence-electron chi connectivity index (χ0n) is 9.41. The third-order valence-electron chi connectivity index (χ3n) is 2.05. The van der Waals surface area contributed by atoms with Crippen LogP contribution in [0.1, 0.15) is 19.4 Å². The van der Waals surface area contributed by atoms with Crippen LogP contribution < -0.4 is 5.32 Å². The molecule has 82 valence electrons. The van der Waals surface area contributed by atoms with Crippen LogP contribution in [0.3, 0.4) is 0 Å². The van der Waals surface area contributed by atoms with Gasteiger partial charge in [-0.2, -0.15) is 0 Å². The van der Waals surface area contributed by atoms with E-state index in [0.29, 0.717) is 6.42 Å². The fourth-order valence-corrected chi connectivity index (χ4v) is 1.43. The highest BCUT2D eigenvalue weighted by molar-refractivity contribution is 5.67. The van der Waals surface area contributed by atoms with Gasteiger partial charge in [0.25, 0.3) is 0 Å². The molecule has 0 aromatic heterocycles. The van der Waals surface area contributed by atoms with Crippen LogP contribution in [0.25, 0.3) is 0 Å². The van der Waals surface area contributed by atoms with Crippen LogP contribution in [0, 0.1) is 0 Å². The van der Waals surface area contributed by atoms with Crippen molar-refractivity contribution in [3.05, 3.63) is 35.9 Å². The van der Waals surface area contributed by atoms with E-state index in [1.165, 1.54) is 0 Å². The monoisotopic (exact) mass is 207 g/mol. The van der Waals surface area contributed by atoms with Crippen LogP contribution in [0.15, 0.2) is 30.3 Å². The molecule has 3 heteroatoms. The molecule has 0 aliphatic carbocycles. The van der Waals surface area contributed by atoms with Gasteiger partial charge in [-0.15, -0.1) is 0 Å². The summed E-state index contributed by atoms with van der Waals surface area (Å²) >= 11 is 0. The molecule has 15 heavy (non-hydrogen) atoms. The molecular formula is C12H17NO2. The summed E-state index contributed by atoms with van der Waals surface area (Å²) in [7, 11) is 1.56. The Morgan fingerprint density at radius 2 is 1.93 bits per heavy atom. The lowest BCUT2D eigenvalue weighted by Gasteiger charge is -2.24. The summed E-state index contributed by atoms with van der Waals surface area (Å²) in [5.41, 5.74) is 0.674. The number of benzene rings is 1. The normalized spacial score (nSPS) is 10.9. The van der Waals surface area contributed by atoms with Crippen LogP contribution in [0.5, 0.6) is 0 Å². The van der Waals surface area contributed by atoms with Crippen molar-refractivity contribution in [2.24, 2.45) is 0 Å². The average Bonchev–Trinajstić information content (AvgIpc) is 2.17. The number of ether oxygens (including phenoxy) is 1. The Labute approximate surface area is 90.4 Å². The molecule has 0 aliphatic rings. The van der Waals surface area contributed by atoms with Crippen LogP contribution in [0.2, 0.25) is 0 Å². The van der Waals surface area contributed by atoms with Gasteiger partial charge < -0.3 is 10.1 Å². The Hall–Kier alpha value is -1.51. The number of hydrogen-bond acceptors (Lipinski definition) is 2. The first kappa shape index (κ1) is 11.6. The van der Waals surface area contributed by atoms with Crippen LogP contribution in [-0.2, 0) is 11.2 Å². The Kier molecular flexibility index (Phi) is 3.72. The van der Waals surface area contributed by atoms with Crippen molar-refractivity contribution in [3.8, 4) is 0 Å². The summed E-state index contributed by atoms with van der Waals surface area (Å²) in [4.78, 5) is 11.1. The number of hydrogen-bond donors (Lipinski definition) is 1. The van der Waals surface area contributed by atoms with Gasteiger partial charge in [0, 0.05) is 13.5 Å². The Morgan fingerprint density at radius 1 is 1.33 bits per heavy atom. The van der Waals surface area contributed by atoms with Gasteiger partial charge in [-0.25, -0.2) is 4.79 Å². The maximum atomic E-state index is 11.1. The fourth-order valence-electron chi connectivity index (χ4n) is 1.43. The van der Waals surface area contributed by atoms with Crippen molar-refractivity contribution in [2.75, 3.05) is 7.05 Å². The number of rotatable bonds is 3. The van der Waals surface area contributed by atoms with Crippen LogP contribution in [-0.4, -0.2) is 18.7 Å². The minimum absolute atomic E-state index is 0.393. The highest BCUT2D eigenvalue weighted by Gasteiger charge is 2.22. The molecule has 1 aromatic carbocycles. The van der Waals surface area contributed by atoms with E-state index in [0.717, 1.165) is 5.56 Å². The largest absolute Gasteiger partial charge is 0.443 e. The van der Waals surface area contributed by atoms with Gasteiger partial charge in [0.05, 0.1) is 0 Å².